The van der Waals surface area contributed by atoms with E-state index in [9.17, 15) is 14.0 Å². The van der Waals surface area contributed by atoms with Crippen molar-refractivity contribution in [3.05, 3.63) is 59.4 Å². The van der Waals surface area contributed by atoms with Crippen LogP contribution in [-0.4, -0.2) is 17.9 Å². The summed E-state index contributed by atoms with van der Waals surface area (Å²) in [6.07, 6.45) is 0.0578. The van der Waals surface area contributed by atoms with E-state index in [1.807, 2.05) is 32.0 Å². The van der Waals surface area contributed by atoms with Crippen molar-refractivity contribution in [2.75, 3.05) is 10.2 Å². The van der Waals surface area contributed by atoms with Gasteiger partial charge in [-0.1, -0.05) is 12.1 Å². The average molecular weight is 312 g/mol. The van der Waals surface area contributed by atoms with Crippen LogP contribution in [0, 0.1) is 19.7 Å². The van der Waals surface area contributed by atoms with Crippen molar-refractivity contribution >= 4 is 23.2 Å². The zero-order valence-electron chi connectivity index (χ0n) is 13.0. The molecule has 1 fully saturated rings. The number of amides is 2. The first kappa shape index (κ1) is 15.2. The second-order valence-electron chi connectivity index (χ2n) is 5.75. The van der Waals surface area contributed by atoms with Crippen molar-refractivity contribution < 1.29 is 14.0 Å². The van der Waals surface area contributed by atoms with E-state index in [2.05, 4.69) is 5.32 Å². The van der Waals surface area contributed by atoms with Gasteiger partial charge in [0.15, 0.2) is 0 Å². The Kier molecular flexibility index (Phi) is 3.86. The van der Waals surface area contributed by atoms with Crippen molar-refractivity contribution in [3.8, 4) is 0 Å². The zero-order chi connectivity index (χ0) is 16.6. The molecule has 5 heteroatoms. The molecule has 118 valence electrons. The van der Waals surface area contributed by atoms with Gasteiger partial charge >= 0.3 is 0 Å². The van der Waals surface area contributed by atoms with E-state index in [4.69, 9.17) is 0 Å². The normalized spacial score (nSPS) is 17.7. The summed E-state index contributed by atoms with van der Waals surface area (Å²) in [5.41, 5.74) is 3.32. The van der Waals surface area contributed by atoms with Gasteiger partial charge in [0.2, 0.25) is 5.91 Å². The molecule has 2 aromatic rings. The molecule has 2 amide bonds. The summed E-state index contributed by atoms with van der Waals surface area (Å²) in [7, 11) is 0. The Morgan fingerprint density at radius 2 is 1.87 bits per heavy atom. The molecule has 0 bridgehead atoms. The van der Waals surface area contributed by atoms with Crippen LogP contribution in [0.15, 0.2) is 42.5 Å². The van der Waals surface area contributed by atoms with Gasteiger partial charge < -0.3 is 5.32 Å². The van der Waals surface area contributed by atoms with E-state index in [0.717, 1.165) is 21.7 Å². The number of benzene rings is 2. The highest BCUT2D eigenvalue weighted by molar-refractivity contribution is 6.23. The fourth-order valence-electron chi connectivity index (χ4n) is 2.66. The first-order chi connectivity index (χ1) is 11.0. The van der Waals surface area contributed by atoms with Crippen molar-refractivity contribution in [2.24, 2.45) is 0 Å². The minimum atomic E-state index is -0.632. The number of halogens is 1. The Bertz CT molecular complexity index is 788. The molecule has 0 saturated carbocycles. The first-order valence-corrected chi connectivity index (χ1v) is 7.42. The molecule has 0 aromatic heterocycles. The van der Waals surface area contributed by atoms with Crippen molar-refractivity contribution in [3.63, 3.8) is 0 Å². The summed E-state index contributed by atoms with van der Waals surface area (Å²) >= 11 is 0. The number of carbonyl (C=O) groups is 2. The molecule has 0 spiro atoms. The van der Waals surface area contributed by atoms with Gasteiger partial charge in [-0.2, -0.15) is 0 Å². The fourth-order valence-corrected chi connectivity index (χ4v) is 2.66. The number of nitrogens with one attached hydrogen (secondary N) is 1. The standard InChI is InChI=1S/C18H17FN2O2/c1-11-6-7-14(8-12(11)2)20-16-10-17(22)21(18(16)23)15-5-3-4-13(19)9-15/h3-9,16,20H,10H2,1-2H3/t16-/m0/s1. The summed E-state index contributed by atoms with van der Waals surface area (Å²) in [5.74, 6) is -1.17. The van der Waals surface area contributed by atoms with Crippen LogP contribution in [0.2, 0.25) is 0 Å². The first-order valence-electron chi connectivity index (χ1n) is 7.42. The van der Waals surface area contributed by atoms with E-state index < -0.39 is 11.9 Å². The summed E-state index contributed by atoms with van der Waals surface area (Å²) < 4.78 is 13.3. The van der Waals surface area contributed by atoms with Gasteiger partial charge in [-0.3, -0.25) is 9.59 Å². The second kappa shape index (κ2) is 5.83. The fraction of sp³-hybridized carbons (Fsp3) is 0.222. The van der Waals surface area contributed by atoms with Gasteiger partial charge in [0, 0.05) is 5.69 Å². The number of carbonyl (C=O) groups excluding carboxylic acids is 2. The molecule has 23 heavy (non-hydrogen) atoms. The molecule has 0 aliphatic carbocycles. The van der Waals surface area contributed by atoms with Gasteiger partial charge in [0.05, 0.1) is 12.1 Å². The van der Waals surface area contributed by atoms with Crippen LogP contribution < -0.4 is 10.2 Å². The third-order valence-corrected chi connectivity index (χ3v) is 4.06. The van der Waals surface area contributed by atoms with Crippen molar-refractivity contribution in [1.82, 2.24) is 0 Å². The molecular formula is C18H17FN2O2. The Labute approximate surface area is 133 Å². The summed E-state index contributed by atoms with van der Waals surface area (Å²) in [4.78, 5) is 25.7. The molecule has 4 nitrogen and oxygen atoms in total. The van der Waals surface area contributed by atoms with Crippen LogP contribution in [0.4, 0.5) is 15.8 Å². The van der Waals surface area contributed by atoms with E-state index >= 15 is 0 Å². The molecule has 1 aliphatic heterocycles. The lowest BCUT2D eigenvalue weighted by Gasteiger charge is -2.16. The van der Waals surface area contributed by atoms with E-state index in [0.29, 0.717) is 0 Å². The number of nitrogens with zero attached hydrogens (tertiary/aromatic N) is 1. The van der Waals surface area contributed by atoms with Crippen LogP contribution in [0.5, 0.6) is 0 Å². The van der Waals surface area contributed by atoms with E-state index in [1.165, 1.54) is 18.2 Å². The minimum absolute atomic E-state index is 0.0578. The van der Waals surface area contributed by atoms with E-state index in [1.54, 1.807) is 6.07 Å². The van der Waals surface area contributed by atoms with Gasteiger partial charge in [-0.25, -0.2) is 9.29 Å². The Morgan fingerprint density at radius 1 is 1.09 bits per heavy atom. The van der Waals surface area contributed by atoms with Crippen LogP contribution in [0.25, 0.3) is 0 Å². The zero-order valence-corrected chi connectivity index (χ0v) is 13.0. The highest BCUT2D eigenvalue weighted by atomic mass is 19.1. The summed E-state index contributed by atoms with van der Waals surface area (Å²) in [6, 6.07) is 10.7. The molecule has 3 rings (SSSR count). The molecule has 1 N–H and O–H groups in total. The predicted molar refractivity (Wildman–Crippen MR) is 86.8 cm³/mol. The third-order valence-electron chi connectivity index (χ3n) is 4.06. The summed E-state index contributed by atoms with van der Waals surface area (Å²) in [5, 5.41) is 3.10. The number of rotatable bonds is 3. The molecule has 0 radical (unpaired) electrons. The number of aryl methyl sites for hydroxylation is 2. The largest absolute Gasteiger partial charge is 0.373 e. The molecule has 1 heterocycles. The topological polar surface area (TPSA) is 49.4 Å². The number of anilines is 2. The SMILES string of the molecule is Cc1ccc(N[C@H]2CC(=O)N(c3cccc(F)c3)C2=O)cc1C. The van der Waals surface area contributed by atoms with Gasteiger partial charge in [-0.15, -0.1) is 0 Å². The second-order valence-corrected chi connectivity index (χ2v) is 5.75. The van der Waals surface area contributed by atoms with Crippen molar-refractivity contribution in [2.45, 2.75) is 26.3 Å². The Hall–Kier alpha value is -2.69. The third kappa shape index (κ3) is 2.95. The highest BCUT2D eigenvalue weighted by Crippen LogP contribution is 2.26. The minimum Gasteiger partial charge on any atom is -0.373 e. The van der Waals surface area contributed by atoms with Crippen LogP contribution in [0.3, 0.4) is 0 Å². The number of hydrogen-bond acceptors (Lipinski definition) is 3. The Morgan fingerprint density at radius 3 is 2.57 bits per heavy atom. The van der Waals surface area contributed by atoms with Crippen LogP contribution >= 0.6 is 0 Å². The molecule has 0 unspecified atom stereocenters. The lowest BCUT2D eigenvalue weighted by Crippen LogP contribution is -2.34. The maximum absolute atomic E-state index is 13.3. The van der Waals surface area contributed by atoms with Crippen LogP contribution in [-0.2, 0) is 9.59 Å². The maximum Gasteiger partial charge on any atom is 0.256 e. The molecule has 2 aromatic carbocycles. The Balaban J connectivity index is 1.82. The monoisotopic (exact) mass is 312 g/mol. The number of imide groups is 1. The van der Waals surface area contributed by atoms with Gasteiger partial charge in [-0.05, 0) is 55.3 Å². The average Bonchev–Trinajstić information content (AvgIpc) is 2.77. The molecule has 1 saturated heterocycles. The lowest BCUT2D eigenvalue weighted by atomic mass is 10.1. The van der Waals surface area contributed by atoms with E-state index in [-0.39, 0.29) is 23.9 Å². The van der Waals surface area contributed by atoms with Gasteiger partial charge in [0.25, 0.3) is 5.91 Å². The highest BCUT2D eigenvalue weighted by Gasteiger charge is 2.39. The van der Waals surface area contributed by atoms with Crippen LogP contribution in [0.1, 0.15) is 17.5 Å². The lowest BCUT2D eigenvalue weighted by molar-refractivity contribution is -0.121. The van der Waals surface area contributed by atoms with Gasteiger partial charge in [0.1, 0.15) is 11.9 Å². The molecule has 1 atom stereocenters. The number of hydrogen-bond donors (Lipinski definition) is 1. The molecular weight excluding hydrogens is 295 g/mol. The van der Waals surface area contributed by atoms with Crippen molar-refractivity contribution in [1.29, 1.82) is 0 Å². The summed E-state index contributed by atoms with van der Waals surface area (Å²) in [6.45, 7) is 4.00. The predicted octanol–water partition coefficient (Wildman–Crippen LogP) is 3.19. The molecule has 1 aliphatic rings. The quantitative estimate of drug-likeness (QED) is 0.886. The maximum atomic E-state index is 13.3. The smallest absolute Gasteiger partial charge is 0.256 e.